The lowest BCUT2D eigenvalue weighted by Gasteiger charge is -2.51. The Hall–Kier alpha value is -3.85. The number of nitrogens with zero attached hydrogens (tertiary/aromatic N) is 3. The van der Waals surface area contributed by atoms with Crippen molar-refractivity contribution in [1.29, 1.82) is 0 Å². The number of alkyl halides is 6. The van der Waals surface area contributed by atoms with E-state index in [1.165, 1.54) is 11.9 Å². The molecule has 2 aliphatic heterocycles. The second-order valence-corrected chi connectivity index (χ2v) is 13.6. The molecule has 1 N–H and O–H groups in total. The van der Waals surface area contributed by atoms with Crippen LogP contribution in [-0.2, 0) is 28.4 Å². The summed E-state index contributed by atoms with van der Waals surface area (Å²) in [6.07, 6.45) is -7.54. The molecule has 3 amide bonds. The van der Waals surface area contributed by atoms with E-state index in [0.717, 1.165) is 40.2 Å². The maximum absolute atomic E-state index is 15.2. The Kier molecular flexibility index (Phi) is 11.1. The van der Waals surface area contributed by atoms with Crippen molar-refractivity contribution in [1.82, 2.24) is 20.1 Å². The summed E-state index contributed by atoms with van der Waals surface area (Å²) in [6, 6.07) is 5.91. The zero-order valence-electron chi connectivity index (χ0n) is 27.2. The van der Waals surface area contributed by atoms with Gasteiger partial charge in [0.25, 0.3) is 11.8 Å². The van der Waals surface area contributed by atoms with Crippen molar-refractivity contribution in [2.45, 2.75) is 81.9 Å². The number of carbonyl (C=O) groups excluding carboxylic acids is 3. The first kappa shape index (κ1) is 37.4. The van der Waals surface area contributed by atoms with Gasteiger partial charge < -0.3 is 19.9 Å². The van der Waals surface area contributed by atoms with E-state index in [2.05, 4.69) is 10.3 Å². The molecule has 1 saturated heterocycles. The molecule has 1 aromatic carbocycles. The van der Waals surface area contributed by atoms with Gasteiger partial charge in [0.1, 0.15) is 16.3 Å². The number of nitrogens with one attached hydrogen (secondary N) is 1. The van der Waals surface area contributed by atoms with E-state index >= 15 is 4.79 Å². The van der Waals surface area contributed by atoms with Gasteiger partial charge in [-0.1, -0.05) is 31.0 Å². The van der Waals surface area contributed by atoms with Gasteiger partial charge in [0.05, 0.1) is 17.6 Å². The highest BCUT2D eigenvalue weighted by Gasteiger charge is 2.57. The van der Waals surface area contributed by atoms with Crippen molar-refractivity contribution in [2.75, 3.05) is 20.1 Å². The Morgan fingerprint density at radius 3 is 2.48 bits per heavy atom. The Bertz CT molecular complexity index is 1730. The molecule has 0 spiro atoms. The smallest absolute Gasteiger partial charge is 0.425 e. The van der Waals surface area contributed by atoms with Crippen molar-refractivity contribution < 1.29 is 45.5 Å². The molecule has 5 rings (SSSR count). The van der Waals surface area contributed by atoms with E-state index in [-0.39, 0.29) is 56.9 Å². The second-order valence-electron chi connectivity index (χ2n) is 12.3. The van der Waals surface area contributed by atoms with Gasteiger partial charge in [-0.15, -0.1) is 11.3 Å². The number of aromatic nitrogens is 1. The van der Waals surface area contributed by atoms with Crippen LogP contribution >= 0.6 is 22.9 Å². The van der Waals surface area contributed by atoms with Gasteiger partial charge in [-0.05, 0) is 61.1 Å². The number of benzene rings is 1. The highest BCUT2D eigenvalue weighted by molar-refractivity contribution is 7.10. The number of halogens is 7. The lowest BCUT2D eigenvalue weighted by Crippen LogP contribution is -2.68. The van der Waals surface area contributed by atoms with Crippen molar-refractivity contribution in [3.63, 3.8) is 0 Å². The highest BCUT2D eigenvalue weighted by atomic mass is 35.5. The molecule has 3 atom stereocenters. The predicted molar refractivity (Wildman–Crippen MR) is 174 cm³/mol. The third-order valence-electron chi connectivity index (χ3n) is 9.17. The lowest BCUT2D eigenvalue weighted by atomic mass is 9.78. The van der Waals surface area contributed by atoms with Crippen LogP contribution in [-0.4, -0.2) is 64.3 Å². The normalized spacial score (nSPS) is 21.1. The third-order valence-corrected chi connectivity index (χ3v) is 10.4. The van der Waals surface area contributed by atoms with Crippen molar-refractivity contribution in [3.05, 3.63) is 80.3 Å². The summed E-state index contributed by atoms with van der Waals surface area (Å²) < 4.78 is 89.7. The molecule has 4 heterocycles. The van der Waals surface area contributed by atoms with Crippen molar-refractivity contribution in [3.8, 4) is 5.75 Å². The molecule has 8 nitrogen and oxygen atoms in total. The molecule has 270 valence electrons. The van der Waals surface area contributed by atoms with Crippen LogP contribution < -0.4 is 10.1 Å². The van der Waals surface area contributed by atoms with Gasteiger partial charge >= 0.3 is 12.4 Å². The molecule has 0 saturated carbocycles. The maximum Gasteiger partial charge on any atom is 0.425 e. The van der Waals surface area contributed by atoms with Crippen molar-refractivity contribution >= 4 is 40.7 Å². The minimum absolute atomic E-state index is 0.0210. The molecule has 2 aromatic heterocycles. The molecule has 0 unspecified atom stereocenters. The van der Waals surface area contributed by atoms with Gasteiger partial charge in [-0.3, -0.25) is 19.4 Å². The average molecular weight is 745 g/mol. The zero-order chi connectivity index (χ0) is 36.4. The van der Waals surface area contributed by atoms with E-state index < -0.39 is 58.0 Å². The summed E-state index contributed by atoms with van der Waals surface area (Å²) in [5, 5.41) is 4.07. The number of rotatable bonds is 9. The van der Waals surface area contributed by atoms with Crippen molar-refractivity contribution in [2.24, 2.45) is 0 Å². The first-order chi connectivity index (χ1) is 23.6. The van der Waals surface area contributed by atoms with E-state index in [9.17, 15) is 35.9 Å². The fourth-order valence-corrected chi connectivity index (χ4v) is 7.79. The number of fused-ring (bicyclic) bond motifs is 1. The number of hydrogen-bond acceptors (Lipinski definition) is 6. The van der Waals surface area contributed by atoms with E-state index in [1.54, 1.807) is 19.1 Å². The molecule has 16 heteroatoms. The SMILES string of the molecule is CCC[C@H]1N(C(=O)c2ncccc2C(F)(F)F)CCC[C@@]1(Oc1csc(C(F)(F)F)c1)C(=O)N1CCc2ccc(Cl)cc2[C@@H]1CCC(=O)NC. The molecule has 0 radical (unpaired) electrons. The molecule has 2 aliphatic rings. The lowest BCUT2D eigenvalue weighted by molar-refractivity contribution is -0.163. The fraction of sp³-hybridized carbons (Fsp3) is 0.471. The monoisotopic (exact) mass is 744 g/mol. The zero-order valence-corrected chi connectivity index (χ0v) is 28.7. The van der Waals surface area contributed by atoms with E-state index in [1.807, 2.05) is 6.07 Å². The minimum atomic E-state index is -4.91. The molecule has 1 fully saturated rings. The first-order valence-electron chi connectivity index (χ1n) is 16.1. The number of ether oxygens (including phenoxy) is 1. The molecular weight excluding hydrogens is 710 g/mol. The van der Waals surface area contributed by atoms with Gasteiger partial charge in [-0.2, -0.15) is 26.3 Å². The summed E-state index contributed by atoms with van der Waals surface area (Å²) in [5.41, 5.74) is -2.55. The number of likely N-dealkylation sites (tertiary alicyclic amines) is 1. The Morgan fingerprint density at radius 1 is 1.06 bits per heavy atom. The Balaban J connectivity index is 1.65. The minimum Gasteiger partial charge on any atom is -0.474 e. The maximum atomic E-state index is 15.2. The van der Waals surface area contributed by atoms with Gasteiger partial charge in [0.15, 0.2) is 0 Å². The summed E-state index contributed by atoms with van der Waals surface area (Å²) >= 11 is 6.75. The first-order valence-corrected chi connectivity index (χ1v) is 17.3. The largest absolute Gasteiger partial charge is 0.474 e. The van der Waals surface area contributed by atoms with Crippen LogP contribution in [0.4, 0.5) is 26.3 Å². The molecule has 50 heavy (non-hydrogen) atoms. The highest BCUT2D eigenvalue weighted by Crippen LogP contribution is 2.45. The average Bonchev–Trinajstić information content (AvgIpc) is 3.56. The Morgan fingerprint density at radius 2 is 1.82 bits per heavy atom. The fourth-order valence-electron chi connectivity index (χ4n) is 6.93. The molecule has 3 aromatic rings. The van der Waals surface area contributed by atoms with Crippen LogP contribution in [0.3, 0.4) is 0 Å². The number of hydrogen-bond donors (Lipinski definition) is 1. The quantitative estimate of drug-likeness (QED) is 0.227. The van der Waals surface area contributed by atoms with Gasteiger partial charge in [0, 0.05) is 55.6 Å². The summed E-state index contributed by atoms with van der Waals surface area (Å²) in [4.78, 5) is 47.2. The van der Waals surface area contributed by atoms with Gasteiger partial charge in [-0.25, -0.2) is 0 Å². The Labute approximate surface area is 293 Å². The molecule has 0 bridgehead atoms. The number of piperidine rings is 1. The topological polar surface area (TPSA) is 91.8 Å². The third kappa shape index (κ3) is 7.58. The van der Waals surface area contributed by atoms with E-state index in [0.29, 0.717) is 34.8 Å². The van der Waals surface area contributed by atoms with Crippen LogP contribution in [0, 0.1) is 0 Å². The summed E-state index contributed by atoms with van der Waals surface area (Å²) in [6.45, 7) is 1.84. The van der Waals surface area contributed by atoms with Crippen LogP contribution in [0.5, 0.6) is 5.75 Å². The predicted octanol–water partition coefficient (Wildman–Crippen LogP) is 7.71. The van der Waals surface area contributed by atoms with Crippen LogP contribution in [0.25, 0.3) is 0 Å². The number of carbonyl (C=O) groups is 3. The number of thiophene rings is 1. The standard InChI is InChI=1S/C34H35ClF6N4O4S/c1-3-6-26-32(49-22-18-27(50-19-22)34(39,40)41,13-5-15-45(26)30(47)29-24(33(36,37)38)7-4-14-43-29)31(48)44-16-12-20-8-9-21(35)17-23(20)25(44)10-11-28(46)42-2/h4,7-9,14,17-19,25-26H,3,5-6,10-13,15-16H2,1-2H3,(H,42,46)/t25-,26+,32-/m0/s1. The second kappa shape index (κ2) is 14.8. The van der Waals surface area contributed by atoms with Gasteiger partial charge in [0.2, 0.25) is 11.5 Å². The molecule has 0 aliphatic carbocycles. The number of pyridine rings is 1. The number of amides is 3. The summed E-state index contributed by atoms with van der Waals surface area (Å²) in [5.74, 6) is -2.28. The van der Waals surface area contributed by atoms with Crippen LogP contribution in [0.1, 0.15) is 83.5 Å². The van der Waals surface area contributed by atoms with E-state index in [4.69, 9.17) is 16.3 Å². The molecular formula is C34H35ClF6N4O4S. The van der Waals surface area contributed by atoms with Crippen LogP contribution in [0.2, 0.25) is 5.02 Å². The summed E-state index contributed by atoms with van der Waals surface area (Å²) in [7, 11) is 1.48. The van der Waals surface area contributed by atoms with Crippen LogP contribution in [0.15, 0.2) is 48.0 Å².